The molecule has 4 amide bonds. The number of carbonyl (C=O) groups excluding carboxylic acids is 9. The number of primary amides is 1. The van der Waals surface area contributed by atoms with Crippen molar-refractivity contribution >= 4 is 68.5 Å². The Morgan fingerprint density at radius 1 is 0.720 bits per heavy atom. The summed E-state index contributed by atoms with van der Waals surface area (Å²) in [7, 11) is -3.53. The molecule has 2 aromatic rings. The fourth-order valence-electron chi connectivity index (χ4n) is 8.78. The zero-order chi connectivity index (χ0) is 62.4. The third kappa shape index (κ3) is 30.0. The van der Waals surface area contributed by atoms with Gasteiger partial charge >= 0.3 is 5.97 Å². The standard InChI is InChI=1S/C31H48N6O8S.C28H41NO7/c1-19(2)14-25(27(40)16-22(17-29(32)42)11-13-46(4,44)45)37-30(43)23(6-5-12-35-31(33)34)18-28(41)26(36-20(3)38)15-21-7-9-24(39)10-8-21;1-7-36-27(34)12-11-20(13-17(2)3)14-26(33)23(16-30)29-28(35)22(18(4)5)15-25(32)21-9-8-10-24(31)19(21)6/h7-11,13,19,22-23,25-26,39H,5-6,12,14-18H2,1-4H3,(H2,32,42)(H,36,38)(H,37,43)(H4,33,34,35);8-12,17-18,20,22-23,30-31H,7,13-16H2,1-6H3,(H,29,35)/b13-11+;12-11+/t22-,23+,25-,26-;20-,22+,23+/m01/s1. The number of aromatic hydroxyl groups is 2. The molecule has 23 heteroatoms. The highest BCUT2D eigenvalue weighted by molar-refractivity contribution is 7.93. The zero-order valence-electron chi connectivity index (χ0n) is 49.1. The maximum atomic E-state index is 13.7. The van der Waals surface area contributed by atoms with Crippen molar-refractivity contribution in [1.82, 2.24) is 16.0 Å². The molecule has 0 aliphatic carbocycles. The smallest absolute Gasteiger partial charge is 0.330 e. The van der Waals surface area contributed by atoms with Crippen molar-refractivity contribution in [3.05, 3.63) is 82.8 Å². The molecule has 0 fully saturated rings. The van der Waals surface area contributed by atoms with Gasteiger partial charge in [0.05, 0.1) is 25.3 Å². The summed E-state index contributed by atoms with van der Waals surface area (Å²) >= 11 is 0. The number of carbonyl (C=O) groups is 9. The number of phenolic OH excluding ortho intramolecular Hbond substituents is 2. The minimum absolute atomic E-state index is 0.00491. The maximum absolute atomic E-state index is 13.7. The lowest BCUT2D eigenvalue weighted by molar-refractivity contribution is -0.137. The number of hydrogen-bond acceptors (Lipinski definition) is 16. The first-order chi connectivity index (χ1) is 38.3. The van der Waals surface area contributed by atoms with E-state index < -0.39 is 93.5 Å². The molecule has 456 valence electrons. The van der Waals surface area contributed by atoms with Crippen LogP contribution in [0.5, 0.6) is 11.5 Å². The number of guanidine groups is 1. The van der Waals surface area contributed by atoms with Crippen LogP contribution in [0.3, 0.4) is 0 Å². The fourth-order valence-corrected chi connectivity index (χ4v) is 9.29. The second kappa shape index (κ2) is 37.0. The Labute approximate surface area is 482 Å². The van der Waals surface area contributed by atoms with Crippen LogP contribution in [0, 0.1) is 48.3 Å². The molecule has 0 saturated carbocycles. The van der Waals surface area contributed by atoms with E-state index in [0.717, 1.165) is 11.7 Å². The molecule has 2 aromatic carbocycles. The number of aliphatic imine (C=N–C) groups is 1. The van der Waals surface area contributed by atoms with E-state index in [9.17, 15) is 66.9 Å². The number of phenols is 2. The average molecular weight is 1170 g/mol. The van der Waals surface area contributed by atoms with Gasteiger partial charge in [0, 0.05) is 86.3 Å². The Balaban J connectivity index is 0.000000845. The SMILES string of the molecule is CC(=O)N[C@@H](Cc1ccc(O)cc1)C(=O)C[C@@H](CCCN=C(N)N)C(=O)N[C@@H](CC(C)C)C(=O)C[C@H](/C=C/S(C)(=O)=O)CC(N)=O.CCOC(=O)/C=C/[C@@H](CC(=O)[C@H](CO)NC(=O)[C@@H](CC(=O)c1cccc(O)c1C)C(C)C)CC(C)C. The van der Waals surface area contributed by atoms with Crippen LogP contribution in [0.4, 0.5) is 0 Å². The first-order valence-electron chi connectivity index (χ1n) is 27.5. The van der Waals surface area contributed by atoms with Crippen molar-refractivity contribution in [2.45, 2.75) is 145 Å². The molecule has 2 rings (SSSR count). The number of nitrogens with one attached hydrogen (secondary N) is 3. The van der Waals surface area contributed by atoms with Crippen LogP contribution in [0.25, 0.3) is 0 Å². The molecule has 0 saturated heterocycles. The molecular weight excluding hydrogens is 1080 g/mol. The Morgan fingerprint density at radius 2 is 1.30 bits per heavy atom. The second-order valence-corrected chi connectivity index (χ2v) is 23.7. The van der Waals surface area contributed by atoms with Gasteiger partial charge in [-0.15, -0.1) is 0 Å². The van der Waals surface area contributed by atoms with E-state index in [4.69, 9.17) is 21.9 Å². The summed E-state index contributed by atoms with van der Waals surface area (Å²) in [5.41, 5.74) is 17.6. The van der Waals surface area contributed by atoms with Crippen molar-refractivity contribution in [1.29, 1.82) is 0 Å². The molecule has 0 aromatic heterocycles. The van der Waals surface area contributed by atoms with Crippen molar-refractivity contribution in [2.24, 2.45) is 63.6 Å². The van der Waals surface area contributed by atoms with Gasteiger partial charge in [-0.2, -0.15) is 0 Å². The van der Waals surface area contributed by atoms with Crippen LogP contribution in [0.1, 0.15) is 135 Å². The summed E-state index contributed by atoms with van der Waals surface area (Å²) < 4.78 is 28.2. The van der Waals surface area contributed by atoms with Gasteiger partial charge in [-0.3, -0.25) is 43.3 Å². The summed E-state index contributed by atoms with van der Waals surface area (Å²) in [5.74, 6) is -6.97. The summed E-state index contributed by atoms with van der Waals surface area (Å²) in [5, 5.41) is 38.3. The van der Waals surface area contributed by atoms with Crippen LogP contribution in [-0.4, -0.2) is 127 Å². The van der Waals surface area contributed by atoms with E-state index in [1.165, 1.54) is 37.3 Å². The fraction of sp³-hybridized carbons (Fsp3) is 0.559. The Morgan fingerprint density at radius 3 is 1.84 bits per heavy atom. The first-order valence-corrected chi connectivity index (χ1v) is 29.5. The van der Waals surface area contributed by atoms with E-state index in [1.54, 1.807) is 44.2 Å². The molecule has 0 aliphatic heterocycles. The summed E-state index contributed by atoms with van der Waals surface area (Å²) in [6.45, 7) is 15.8. The highest BCUT2D eigenvalue weighted by atomic mass is 32.2. The van der Waals surface area contributed by atoms with Crippen molar-refractivity contribution < 1.29 is 71.6 Å². The largest absolute Gasteiger partial charge is 0.508 e. The molecule has 0 spiro atoms. The van der Waals surface area contributed by atoms with Crippen LogP contribution in [0.15, 0.2) is 71.1 Å². The van der Waals surface area contributed by atoms with Crippen LogP contribution in [0.2, 0.25) is 0 Å². The molecule has 0 unspecified atom stereocenters. The molecule has 0 heterocycles. The first kappa shape index (κ1) is 72.7. The van der Waals surface area contributed by atoms with Gasteiger partial charge in [0.15, 0.2) is 38.9 Å². The van der Waals surface area contributed by atoms with Crippen molar-refractivity contribution in [3.63, 3.8) is 0 Å². The summed E-state index contributed by atoms with van der Waals surface area (Å²) in [6.07, 6.45) is 5.84. The molecule has 22 nitrogen and oxygen atoms in total. The lowest BCUT2D eigenvalue weighted by atomic mass is 9.86. The predicted molar refractivity (Wildman–Crippen MR) is 312 cm³/mol. The van der Waals surface area contributed by atoms with Crippen molar-refractivity contribution in [3.8, 4) is 11.5 Å². The monoisotopic (exact) mass is 1170 g/mol. The third-order valence-corrected chi connectivity index (χ3v) is 13.6. The lowest BCUT2D eigenvalue weighted by Gasteiger charge is -2.25. The van der Waals surface area contributed by atoms with Gasteiger partial charge in [-0.1, -0.05) is 78.0 Å². The Bertz CT molecular complexity index is 2660. The van der Waals surface area contributed by atoms with Gasteiger partial charge in [-0.05, 0) is 99.3 Å². The topological polar surface area (TPSA) is 384 Å². The zero-order valence-corrected chi connectivity index (χ0v) is 50.0. The number of nitrogens with zero attached hydrogens (tertiary/aromatic N) is 1. The minimum atomic E-state index is -3.53. The highest BCUT2D eigenvalue weighted by Gasteiger charge is 2.33. The average Bonchev–Trinajstić information content (AvgIpc) is 3.47. The predicted octanol–water partition coefficient (Wildman–Crippen LogP) is 4.37. The number of allylic oxidation sites excluding steroid dienone is 2. The van der Waals surface area contributed by atoms with E-state index in [2.05, 4.69) is 20.9 Å². The Kier molecular flexibility index (Phi) is 32.8. The number of rotatable bonds is 36. The number of amides is 4. The number of hydrogen-bond donors (Lipinski definition) is 9. The van der Waals surface area contributed by atoms with E-state index in [-0.39, 0.29) is 117 Å². The number of esters is 1. The van der Waals surface area contributed by atoms with Crippen molar-refractivity contribution in [2.75, 3.05) is 26.0 Å². The third-order valence-electron chi connectivity index (χ3n) is 13.0. The number of nitrogens with two attached hydrogens (primary N) is 3. The lowest BCUT2D eigenvalue weighted by Crippen LogP contribution is -2.47. The quantitative estimate of drug-likeness (QED) is 0.0114. The molecule has 0 radical (unpaired) electrons. The minimum Gasteiger partial charge on any atom is -0.508 e. The number of aliphatic hydroxyl groups is 1. The van der Waals surface area contributed by atoms with E-state index in [1.807, 2.05) is 41.5 Å². The van der Waals surface area contributed by atoms with Crippen LogP contribution in [-0.2, 0) is 59.4 Å². The normalized spacial score (nSPS) is 14.1. The number of benzene rings is 2. The number of aliphatic hydroxyl groups excluding tert-OH is 1. The van der Waals surface area contributed by atoms with Crippen LogP contribution < -0.4 is 33.2 Å². The molecule has 12 N–H and O–H groups in total. The summed E-state index contributed by atoms with van der Waals surface area (Å²) in [4.78, 5) is 119. The summed E-state index contributed by atoms with van der Waals surface area (Å²) in [6, 6.07) is 7.75. The van der Waals surface area contributed by atoms with Gasteiger partial charge in [0.25, 0.3) is 0 Å². The van der Waals surface area contributed by atoms with Gasteiger partial charge < -0.3 is 53.2 Å². The number of ketones is 4. The Hall–Kier alpha value is -7.27. The van der Waals surface area contributed by atoms with E-state index in [0.29, 0.717) is 29.5 Å². The number of ether oxygens (including phenoxy) is 1. The molecule has 7 atom stereocenters. The van der Waals surface area contributed by atoms with Gasteiger partial charge in [0.1, 0.15) is 17.5 Å². The van der Waals surface area contributed by atoms with Gasteiger partial charge in [0.2, 0.25) is 23.6 Å². The molecule has 0 bridgehead atoms. The highest BCUT2D eigenvalue weighted by Crippen LogP contribution is 2.26. The van der Waals surface area contributed by atoms with E-state index >= 15 is 0 Å². The molecular formula is C59H89N7O15S. The molecule has 82 heavy (non-hydrogen) atoms. The number of sulfone groups is 1. The maximum Gasteiger partial charge on any atom is 0.330 e. The van der Waals surface area contributed by atoms with Gasteiger partial charge in [-0.25, -0.2) is 13.2 Å². The molecule has 0 aliphatic rings. The number of Topliss-reactive ketones (excluding diaryl/α,β-unsaturated/α-hetero) is 4. The second-order valence-electron chi connectivity index (χ2n) is 21.7. The van der Waals surface area contributed by atoms with Crippen LogP contribution >= 0.6 is 0 Å².